The number of carbonyl (C=O) groups excluding carboxylic acids is 3. The molecule has 0 spiro atoms. The molecule has 0 amide bonds. The van der Waals surface area contributed by atoms with Crippen molar-refractivity contribution in [1.82, 2.24) is 5.32 Å². The summed E-state index contributed by atoms with van der Waals surface area (Å²) in [4.78, 5) is 48.7. The summed E-state index contributed by atoms with van der Waals surface area (Å²) < 4.78 is 28.2. The molecule has 1 aliphatic heterocycles. The number of non-ortho nitro benzene ring substituents is 1. The molecular weight excluding hydrogens is 468 g/mol. The smallest absolute Gasteiger partial charge is 0.337 e. The summed E-state index contributed by atoms with van der Waals surface area (Å²) >= 11 is -1.80. The lowest BCUT2D eigenvalue weighted by Gasteiger charge is -2.33. The molecular formula is C22H26N2O9S. The van der Waals surface area contributed by atoms with Gasteiger partial charge in [0, 0.05) is 24.8 Å². The monoisotopic (exact) mass is 494 g/mol. The average Bonchev–Trinajstić information content (AvgIpc) is 2.76. The van der Waals surface area contributed by atoms with Gasteiger partial charge in [-0.2, -0.15) is 0 Å². The van der Waals surface area contributed by atoms with E-state index in [-0.39, 0.29) is 47.0 Å². The second kappa shape index (κ2) is 11.7. The van der Waals surface area contributed by atoms with E-state index < -0.39 is 45.4 Å². The minimum atomic E-state index is -1.80. The minimum absolute atomic E-state index is 0.0117. The molecule has 0 aromatic heterocycles. The van der Waals surface area contributed by atoms with Crippen LogP contribution in [0.25, 0.3) is 0 Å². The zero-order chi connectivity index (χ0) is 25.6. The second-order valence-electron chi connectivity index (χ2n) is 7.16. The van der Waals surface area contributed by atoms with E-state index in [0.29, 0.717) is 0 Å². The van der Waals surface area contributed by atoms with Crippen LogP contribution in [0.4, 0.5) is 5.69 Å². The summed E-state index contributed by atoms with van der Waals surface area (Å²) in [5.74, 6) is -3.57. The number of nitrogens with zero attached hydrogens (tertiary/aromatic N) is 1. The Morgan fingerprint density at radius 1 is 1.15 bits per heavy atom. The molecule has 0 aliphatic carbocycles. The largest absolute Gasteiger partial charge is 0.613 e. The highest BCUT2D eigenvalue weighted by atomic mass is 32.2. The summed E-state index contributed by atoms with van der Waals surface area (Å²) in [6, 6.07) is 5.42. The predicted octanol–water partition coefficient (Wildman–Crippen LogP) is 2.20. The van der Waals surface area contributed by atoms with Crippen molar-refractivity contribution in [3.05, 3.63) is 62.5 Å². The lowest BCUT2D eigenvalue weighted by atomic mass is 9.80. The number of ether oxygens (including phenoxy) is 3. The highest BCUT2D eigenvalue weighted by Crippen LogP contribution is 2.41. The highest BCUT2D eigenvalue weighted by Gasteiger charge is 2.44. The van der Waals surface area contributed by atoms with Crippen molar-refractivity contribution in [2.45, 2.75) is 39.0 Å². The van der Waals surface area contributed by atoms with Gasteiger partial charge < -0.3 is 24.1 Å². The first-order valence-electron chi connectivity index (χ1n) is 10.3. The van der Waals surface area contributed by atoms with Gasteiger partial charge in [-0.25, -0.2) is 9.59 Å². The van der Waals surface area contributed by atoms with Crippen LogP contribution in [0.3, 0.4) is 0 Å². The number of carbonyl (C=O) groups is 3. The summed E-state index contributed by atoms with van der Waals surface area (Å²) in [7, 11) is 0. The van der Waals surface area contributed by atoms with Crippen LogP contribution in [-0.2, 0) is 39.8 Å². The standard InChI is InChI=1S/C22H26N2O9S/c1-6-31-20(26)16-12(3)23-19(22(34(5)30)33-13(4)25)18(21(27)32-7-2)17(16)14-9-8-10-15(11-14)24(28)29/h8-11,17,22-23H,6-7H2,1-5H3. The molecule has 12 heteroatoms. The quantitative estimate of drug-likeness (QED) is 0.177. The maximum absolute atomic E-state index is 13.2. The fourth-order valence-corrected chi connectivity index (χ4v) is 4.34. The fourth-order valence-electron chi connectivity index (χ4n) is 3.55. The number of esters is 3. The molecule has 3 unspecified atom stereocenters. The van der Waals surface area contributed by atoms with E-state index in [1.807, 2.05) is 0 Å². The Labute approximate surface area is 199 Å². The molecule has 0 bridgehead atoms. The van der Waals surface area contributed by atoms with E-state index >= 15 is 0 Å². The molecule has 1 aliphatic rings. The number of hydrogen-bond acceptors (Lipinski definition) is 10. The third-order valence-electron chi connectivity index (χ3n) is 4.81. The highest BCUT2D eigenvalue weighted by molar-refractivity contribution is 7.91. The number of nitro benzene ring substituents is 1. The number of nitrogens with one attached hydrogen (secondary N) is 1. The Bertz CT molecular complexity index is 1050. The summed E-state index contributed by atoms with van der Waals surface area (Å²) in [5.41, 5.74) is -1.40. The van der Waals surface area contributed by atoms with Crippen LogP contribution in [0.15, 0.2) is 46.8 Å². The molecule has 11 nitrogen and oxygen atoms in total. The third-order valence-corrected chi connectivity index (χ3v) is 5.74. The Morgan fingerprint density at radius 2 is 1.74 bits per heavy atom. The van der Waals surface area contributed by atoms with Gasteiger partial charge in [-0.15, -0.1) is 0 Å². The first-order valence-corrected chi connectivity index (χ1v) is 11.9. The van der Waals surface area contributed by atoms with Crippen molar-refractivity contribution >= 4 is 34.8 Å². The molecule has 1 aromatic rings. The van der Waals surface area contributed by atoms with Gasteiger partial charge in [-0.1, -0.05) is 12.1 Å². The lowest BCUT2D eigenvalue weighted by Crippen LogP contribution is -2.41. The van der Waals surface area contributed by atoms with Gasteiger partial charge in [0.2, 0.25) is 0 Å². The van der Waals surface area contributed by atoms with Gasteiger partial charge in [0.25, 0.3) is 11.1 Å². The van der Waals surface area contributed by atoms with Crippen LogP contribution in [0, 0.1) is 10.1 Å². The second-order valence-corrected chi connectivity index (χ2v) is 8.58. The van der Waals surface area contributed by atoms with Gasteiger partial charge in [-0.3, -0.25) is 14.9 Å². The van der Waals surface area contributed by atoms with Crippen molar-refractivity contribution in [2.24, 2.45) is 0 Å². The molecule has 0 saturated heterocycles. The lowest BCUT2D eigenvalue weighted by molar-refractivity contribution is -0.384. The first kappa shape index (κ1) is 26.9. The number of benzene rings is 1. The van der Waals surface area contributed by atoms with Gasteiger partial charge in [0.1, 0.15) is 5.70 Å². The number of rotatable bonds is 9. The van der Waals surface area contributed by atoms with E-state index in [9.17, 15) is 29.1 Å². The van der Waals surface area contributed by atoms with Crippen molar-refractivity contribution in [3.8, 4) is 0 Å². The summed E-state index contributed by atoms with van der Waals surface area (Å²) in [6.45, 7) is 5.85. The number of dihydropyridines is 1. The van der Waals surface area contributed by atoms with Gasteiger partial charge in [0.05, 0.1) is 41.5 Å². The molecule has 0 fully saturated rings. The molecule has 0 radical (unpaired) electrons. The van der Waals surface area contributed by atoms with Gasteiger partial charge in [0.15, 0.2) is 0 Å². The van der Waals surface area contributed by atoms with Gasteiger partial charge >= 0.3 is 17.9 Å². The molecule has 1 N–H and O–H groups in total. The predicted molar refractivity (Wildman–Crippen MR) is 122 cm³/mol. The van der Waals surface area contributed by atoms with Crippen molar-refractivity contribution in [3.63, 3.8) is 0 Å². The Kier molecular flexibility index (Phi) is 9.21. The molecule has 3 atom stereocenters. The van der Waals surface area contributed by atoms with Crippen LogP contribution in [0.5, 0.6) is 0 Å². The maximum atomic E-state index is 13.2. The summed E-state index contributed by atoms with van der Waals surface area (Å²) in [6.07, 6.45) is 1.29. The Hall–Kier alpha value is -3.38. The van der Waals surface area contributed by atoms with E-state index in [4.69, 9.17) is 14.2 Å². The zero-order valence-electron chi connectivity index (χ0n) is 19.4. The maximum Gasteiger partial charge on any atom is 0.337 e. The van der Waals surface area contributed by atoms with Crippen molar-refractivity contribution in [2.75, 3.05) is 19.5 Å². The van der Waals surface area contributed by atoms with E-state index in [1.165, 1.54) is 37.4 Å². The minimum Gasteiger partial charge on any atom is -0.613 e. The third kappa shape index (κ3) is 5.94. The SMILES string of the molecule is CCOC(=O)C1=C(C)NC(C(OC(C)=O)[S+](C)[O-])=C(C(=O)OCC)C1c1cccc([N+](=O)[O-])c1. The number of nitro groups is 1. The molecule has 1 heterocycles. The van der Waals surface area contributed by atoms with Crippen LogP contribution in [-0.4, -0.2) is 52.3 Å². The van der Waals surface area contributed by atoms with E-state index in [0.717, 1.165) is 6.92 Å². The Balaban J connectivity index is 2.90. The first-order chi connectivity index (χ1) is 16.0. The zero-order valence-corrected chi connectivity index (χ0v) is 20.2. The van der Waals surface area contributed by atoms with E-state index in [1.54, 1.807) is 13.8 Å². The van der Waals surface area contributed by atoms with Crippen LogP contribution in [0.1, 0.15) is 39.2 Å². The summed E-state index contributed by atoms with van der Waals surface area (Å²) in [5, 5.41) is 14.3. The molecule has 34 heavy (non-hydrogen) atoms. The molecule has 2 rings (SSSR count). The Morgan fingerprint density at radius 3 is 2.24 bits per heavy atom. The number of allylic oxidation sites excluding steroid dienone is 1. The van der Waals surface area contributed by atoms with E-state index in [2.05, 4.69) is 5.32 Å². The van der Waals surface area contributed by atoms with Crippen molar-refractivity contribution in [1.29, 1.82) is 0 Å². The van der Waals surface area contributed by atoms with Crippen LogP contribution < -0.4 is 5.32 Å². The molecule has 184 valence electrons. The van der Waals surface area contributed by atoms with Gasteiger partial charge in [-0.05, 0) is 37.5 Å². The van der Waals surface area contributed by atoms with Crippen LogP contribution in [0.2, 0.25) is 0 Å². The topological polar surface area (TPSA) is 157 Å². The number of hydrogen-bond donors (Lipinski definition) is 1. The van der Waals surface area contributed by atoms with Crippen molar-refractivity contribution < 1.29 is 38.1 Å². The fraction of sp³-hybridized carbons (Fsp3) is 0.409. The molecule has 0 saturated carbocycles. The molecule has 1 aromatic carbocycles. The van der Waals surface area contributed by atoms with Crippen LogP contribution >= 0.6 is 0 Å². The normalized spacial score (nSPS) is 17.4. The average molecular weight is 495 g/mol.